The van der Waals surface area contributed by atoms with E-state index in [9.17, 15) is 14.4 Å². The van der Waals surface area contributed by atoms with Crippen molar-refractivity contribution in [3.63, 3.8) is 0 Å². The van der Waals surface area contributed by atoms with Crippen molar-refractivity contribution >= 4 is 52.4 Å². The highest BCUT2D eigenvalue weighted by Crippen LogP contribution is 2.21. The van der Waals surface area contributed by atoms with Crippen LogP contribution >= 0.6 is 23.2 Å². The molecule has 0 fully saturated rings. The third-order valence-electron chi connectivity index (χ3n) is 3.83. The summed E-state index contributed by atoms with van der Waals surface area (Å²) in [5, 5.41) is 6.29. The molecule has 0 aliphatic carbocycles. The van der Waals surface area contributed by atoms with Crippen LogP contribution < -0.4 is 10.6 Å². The van der Waals surface area contributed by atoms with Crippen LogP contribution in [0.4, 0.5) is 11.4 Å². The molecule has 0 heterocycles. The molecule has 0 spiro atoms. The highest BCUT2D eigenvalue weighted by atomic mass is 35.5. The Morgan fingerprint density at radius 2 is 1.32 bits per heavy atom. The molecule has 28 heavy (non-hydrogen) atoms. The Labute approximate surface area is 173 Å². The summed E-state index contributed by atoms with van der Waals surface area (Å²) in [5.41, 5.74) is 2.84. The number of carbonyl (C=O) groups excluding carboxylic acids is 3. The fraction of sp³-hybridized carbons (Fsp3) is 0.250. The summed E-state index contributed by atoms with van der Waals surface area (Å²) in [6.07, 6.45) is -0.214. The van der Waals surface area contributed by atoms with Gasteiger partial charge in [-0.1, -0.05) is 35.3 Å². The van der Waals surface area contributed by atoms with Crippen molar-refractivity contribution in [1.29, 1.82) is 0 Å². The minimum absolute atomic E-state index is 0.0699. The molecule has 2 rings (SSSR count). The predicted molar refractivity (Wildman–Crippen MR) is 110 cm³/mol. The lowest BCUT2D eigenvalue weighted by Crippen LogP contribution is -2.21. The number of rotatable bonds is 7. The SMILES string of the molecule is Cc1ccc(NC(=O)CCC(=O)OCC(=O)Nc2ccc(C)c(Cl)c2)cc1Cl. The van der Waals surface area contributed by atoms with Gasteiger partial charge in [0.2, 0.25) is 5.91 Å². The van der Waals surface area contributed by atoms with Crippen LogP contribution in [0.1, 0.15) is 24.0 Å². The molecule has 0 aromatic heterocycles. The highest BCUT2D eigenvalue weighted by molar-refractivity contribution is 6.32. The van der Waals surface area contributed by atoms with Gasteiger partial charge >= 0.3 is 5.97 Å². The van der Waals surface area contributed by atoms with Crippen molar-refractivity contribution in [2.24, 2.45) is 0 Å². The van der Waals surface area contributed by atoms with Crippen LogP contribution in [-0.4, -0.2) is 24.4 Å². The van der Waals surface area contributed by atoms with E-state index in [0.29, 0.717) is 21.4 Å². The summed E-state index contributed by atoms with van der Waals surface area (Å²) >= 11 is 12.0. The van der Waals surface area contributed by atoms with E-state index in [-0.39, 0.29) is 18.7 Å². The summed E-state index contributed by atoms with van der Waals surface area (Å²) in [5.74, 6) is -1.49. The number of amides is 2. The van der Waals surface area contributed by atoms with Crippen molar-refractivity contribution in [2.45, 2.75) is 26.7 Å². The number of esters is 1. The second-order valence-electron chi connectivity index (χ2n) is 6.18. The van der Waals surface area contributed by atoms with E-state index in [1.165, 1.54) is 0 Å². The van der Waals surface area contributed by atoms with Gasteiger partial charge < -0.3 is 15.4 Å². The van der Waals surface area contributed by atoms with Gasteiger partial charge in [0.1, 0.15) is 0 Å². The first-order chi connectivity index (χ1) is 13.2. The zero-order chi connectivity index (χ0) is 20.7. The largest absolute Gasteiger partial charge is 0.456 e. The Kier molecular flexibility index (Phi) is 7.84. The molecule has 0 unspecified atom stereocenters. The molecule has 0 saturated carbocycles. The van der Waals surface area contributed by atoms with E-state index in [4.69, 9.17) is 27.9 Å². The average Bonchev–Trinajstić information content (AvgIpc) is 2.64. The van der Waals surface area contributed by atoms with Gasteiger partial charge in [-0.2, -0.15) is 0 Å². The van der Waals surface area contributed by atoms with E-state index in [1.54, 1.807) is 36.4 Å². The molecule has 2 aromatic carbocycles. The molecule has 0 aliphatic rings. The van der Waals surface area contributed by atoms with Crippen LogP contribution in [0.3, 0.4) is 0 Å². The van der Waals surface area contributed by atoms with Gasteiger partial charge in [0.25, 0.3) is 5.91 Å². The number of nitrogens with one attached hydrogen (secondary N) is 2. The Balaban J connectivity index is 1.71. The van der Waals surface area contributed by atoms with Gasteiger partial charge in [-0.25, -0.2) is 0 Å². The number of hydrogen-bond acceptors (Lipinski definition) is 4. The van der Waals surface area contributed by atoms with E-state index in [2.05, 4.69) is 10.6 Å². The smallest absolute Gasteiger partial charge is 0.306 e. The number of benzene rings is 2. The maximum atomic E-state index is 11.9. The third-order valence-corrected chi connectivity index (χ3v) is 4.65. The predicted octanol–water partition coefficient (Wildman–Crippen LogP) is 4.51. The number of carbonyl (C=O) groups is 3. The number of anilines is 2. The van der Waals surface area contributed by atoms with Gasteiger partial charge in [0.05, 0.1) is 6.42 Å². The molecule has 148 valence electrons. The Morgan fingerprint density at radius 3 is 1.82 bits per heavy atom. The number of aryl methyl sites for hydroxylation is 2. The summed E-state index contributed by atoms with van der Waals surface area (Å²) in [6.45, 7) is 3.26. The summed E-state index contributed by atoms with van der Waals surface area (Å²) < 4.78 is 4.88. The van der Waals surface area contributed by atoms with Crippen molar-refractivity contribution in [3.05, 3.63) is 57.6 Å². The van der Waals surface area contributed by atoms with Gasteiger partial charge in [0, 0.05) is 27.8 Å². The first-order valence-electron chi connectivity index (χ1n) is 8.52. The minimum atomic E-state index is -0.644. The third kappa shape index (κ3) is 6.87. The fourth-order valence-electron chi connectivity index (χ4n) is 2.20. The molecule has 2 amide bonds. The first-order valence-corrected chi connectivity index (χ1v) is 9.28. The van der Waals surface area contributed by atoms with Crippen LogP contribution in [0.25, 0.3) is 0 Å². The van der Waals surface area contributed by atoms with Crippen LogP contribution in [0.15, 0.2) is 36.4 Å². The van der Waals surface area contributed by atoms with Crippen LogP contribution in [0, 0.1) is 13.8 Å². The van der Waals surface area contributed by atoms with Gasteiger partial charge in [0.15, 0.2) is 6.61 Å². The molecule has 6 nitrogen and oxygen atoms in total. The average molecular weight is 423 g/mol. The standard InChI is InChI=1S/C20H20Cl2N2O4/c1-12-3-5-14(9-16(12)21)23-18(25)7-8-20(27)28-11-19(26)24-15-6-4-13(2)17(22)10-15/h3-6,9-10H,7-8,11H2,1-2H3,(H,23,25)(H,24,26). The minimum Gasteiger partial charge on any atom is -0.456 e. The molecule has 0 aliphatic heterocycles. The van der Waals surface area contributed by atoms with E-state index in [0.717, 1.165) is 11.1 Å². The topological polar surface area (TPSA) is 84.5 Å². The molecule has 2 N–H and O–H groups in total. The van der Waals surface area contributed by atoms with Crippen molar-refractivity contribution in [2.75, 3.05) is 17.2 Å². The monoisotopic (exact) mass is 422 g/mol. The summed E-state index contributed by atoms with van der Waals surface area (Å²) in [4.78, 5) is 35.5. The van der Waals surface area contributed by atoms with Crippen LogP contribution in [0.5, 0.6) is 0 Å². The highest BCUT2D eigenvalue weighted by Gasteiger charge is 2.11. The quantitative estimate of drug-likeness (QED) is 0.642. The number of halogens is 2. The molecule has 0 radical (unpaired) electrons. The second kappa shape index (κ2) is 10.1. The second-order valence-corrected chi connectivity index (χ2v) is 7.00. The first kappa shape index (κ1) is 21.7. The molecule has 2 aromatic rings. The van der Waals surface area contributed by atoms with Gasteiger partial charge in [-0.15, -0.1) is 0 Å². The molecule has 0 bridgehead atoms. The van der Waals surface area contributed by atoms with Crippen molar-refractivity contribution in [3.8, 4) is 0 Å². The molecule has 8 heteroatoms. The number of hydrogen-bond donors (Lipinski definition) is 2. The van der Waals surface area contributed by atoms with E-state index < -0.39 is 18.5 Å². The Hall–Kier alpha value is -2.57. The normalized spacial score (nSPS) is 10.3. The zero-order valence-corrected chi connectivity index (χ0v) is 17.0. The lowest BCUT2D eigenvalue weighted by atomic mass is 10.2. The maximum absolute atomic E-state index is 11.9. The van der Waals surface area contributed by atoms with E-state index in [1.807, 2.05) is 13.8 Å². The Morgan fingerprint density at radius 1 is 0.821 bits per heavy atom. The zero-order valence-electron chi connectivity index (χ0n) is 15.5. The van der Waals surface area contributed by atoms with Gasteiger partial charge in [-0.3, -0.25) is 14.4 Å². The van der Waals surface area contributed by atoms with Crippen molar-refractivity contribution < 1.29 is 19.1 Å². The summed E-state index contributed by atoms with van der Waals surface area (Å²) in [7, 11) is 0. The van der Waals surface area contributed by atoms with E-state index >= 15 is 0 Å². The fourth-order valence-corrected chi connectivity index (χ4v) is 2.56. The lowest BCUT2D eigenvalue weighted by molar-refractivity contribution is -0.147. The van der Waals surface area contributed by atoms with Crippen LogP contribution in [0.2, 0.25) is 10.0 Å². The number of ether oxygens (including phenoxy) is 1. The molecular weight excluding hydrogens is 403 g/mol. The Bertz CT molecular complexity index is 828. The van der Waals surface area contributed by atoms with Gasteiger partial charge in [-0.05, 0) is 49.2 Å². The molecular formula is C20H20Cl2N2O4. The van der Waals surface area contributed by atoms with Crippen molar-refractivity contribution in [1.82, 2.24) is 0 Å². The maximum Gasteiger partial charge on any atom is 0.306 e. The molecule has 0 saturated heterocycles. The molecule has 0 atom stereocenters. The summed E-state index contributed by atoms with van der Waals surface area (Å²) in [6, 6.07) is 10.2. The lowest BCUT2D eigenvalue weighted by Gasteiger charge is -2.08. The van der Waals surface area contributed by atoms with Crippen LogP contribution in [-0.2, 0) is 19.1 Å².